The van der Waals surface area contributed by atoms with Gasteiger partial charge in [0, 0.05) is 12.3 Å². The van der Waals surface area contributed by atoms with Crippen LogP contribution in [-0.2, 0) is 4.79 Å². The molecular formula is C16H23NO. The summed E-state index contributed by atoms with van der Waals surface area (Å²) in [5.74, 6) is 1.28. The fourth-order valence-electron chi connectivity index (χ4n) is 2.60. The molecular weight excluding hydrogens is 222 g/mol. The number of benzene rings is 1. The summed E-state index contributed by atoms with van der Waals surface area (Å²) >= 11 is 0. The zero-order chi connectivity index (χ0) is 12.8. The number of ketones is 1. The van der Waals surface area contributed by atoms with Gasteiger partial charge in [-0.25, -0.2) is 0 Å². The van der Waals surface area contributed by atoms with Crippen LogP contribution in [0.4, 0.5) is 0 Å². The van der Waals surface area contributed by atoms with Gasteiger partial charge in [0.1, 0.15) is 5.78 Å². The summed E-state index contributed by atoms with van der Waals surface area (Å²) in [5, 5.41) is 0. The second kappa shape index (κ2) is 6.69. The fraction of sp³-hybridized carbons (Fsp3) is 0.562. The topological polar surface area (TPSA) is 43.1 Å². The van der Waals surface area contributed by atoms with Crippen LogP contribution in [0.5, 0.6) is 0 Å². The molecule has 0 aromatic heterocycles. The van der Waals surface area contributed by atoms with Crippen LogP contribution in [0.15, 0.2) is 30.3 Å². The molecule has 0 saturated heterocycles. The summed E-state index contributed by atoms with van der Waals surface area (Å²) in [7, 11) is 0. The Morgan fingerprint density at radius 3 is 2.56 bits per heavy atom. The van der Waals surface area contributed by atoms with Gasteiger partial charge in [0.05, 0.1) is 0 Å². The van der Waals surface area contributed by atoms with Gasteiger partial charge >= 0.3 is 0 Å². The van der Waals surface area contributed by atoms with Crippen molar-refractivity contribution in [3.63, 3.8) is 0 Å². The third-order valence-electron chi connectivity index (χ3n) is 3.81. The van der Waals surface area contributed by atoms with Crippen molar-refractivity contribution in [2.45, 2.75) is 44.4 Å². The maximum atomic E-state index is 12.0. The molecule has 1 aliphatic rings. The molecule has 0 bridgehead atoms. The van der Waals surface area contributed by atoms with Crippen LogP contribution >= 0.6 is 0 Å². The van der Waals surface area contributed by atoms with E-state index in [2.05, 4.69) is 24.3 Å². The molecule has 2 rings (SSSR count). The molecule has 2 atom stereocenters. The Hall–Kier alpha value is -1.15. The van der Waals surface area contributed by atoms with Gasteiger partial charge in [0.15, 0.2) is 0 Å². The third-order valence-corrected chi connectivity index (χ3v) is 3.81. The summed E-state index contributed by atoms with van der Waals surface area (Å²) < 4.78 is 0. The van der Waals surface area contributed by atoms with E-state index < -0.39 is 0 Å². The van der Waals surface area contributed by atoms with E-state index in [1.54, 1.807) is 0 Å². The van der Waals surface area contributed by atoms with Crippen molar-refractivity contribution in [1.29, 1.82) is 0 Å². The van der Waals surface area contributed by atoms with Crippen LogP contribution in [0.25, 0.3) is 0 Å². The van der Waals surface area contributed by atoms with E-state index in [0.717, 1.165) is 45.1 Å². The number of nitrogens with two attached hydrogens (primary N) is 1. The maximum Gasteiger partial charge on any atom is 0.136 e. The Labute approximate surface area is 110 Å². The van der Waals surface area contributed by atoms with Crippen molar-refractivity contribution in [3.8, 4) is 0 Å². The van der Waals surface area contributed by atoms with Crippen LogP contribution in [0.2, 0.25) is 0 Å². The van der Waals surface area contributed by atoms with E-state index >= 15 is 0 Å². The zero-order valence-electron chi connectivity index (χ0n) is 11.0. The third kappa shape index (κ3) is 3.67. The lowest BCUT2D eigenvalue weighted by Crippen LogP contribution is -2.02. The van der Waals surface area contributed by atoms with Gasteiger partial charge in [0.2, 0.25) is 0 Å². The molecule has 1 fully saturated rings. The standard InChI is InChI=1S/C16H23NO/c17-11-7-2-1-6-10-16(18)15-12-14(15)13-8-4-3-5-9-13/h3-5,8-9,14-15H,1-2,6-7,10-12,17H2. The molecule has 2 unspecified atom stereocenters. The van der Waals surface area contributed by atoms with Crippen molar-refractivity contribution >= 4 is 5.78 Å². The van der Waals surface area contributed by atoms with E-state index in [0.29, 0.717) is 17.6 Å². The highest BCUT2D eigenvalue weighted by Crippen LogP contribution is 2.48. The largest absolute Gasteiger partial charge is 0.330 e. The number of hydrogen-bond donors (Lipinski definition) is 1. The monoisotopic (exact) mass is 245 g/mol. The van der Waals surface area contributed by atoms with E-state index in [1.807, 2.05) is 6.07 Å². The minimum Gasteiger partial charge on any atom is -0.330 e. The van der Waals surface area contributed by atoms with Crippen molar-refractivity contribution in [3.05, 3.63) is 35.9 Å². The molecule has 1 aromatic rings. The molecule has 0 amide bonds. The highest BCUT2D eigenvalue weighted by Gasteiger charge is 2.42. The second-order valence-electron chi connectivity index (χ2n) is 5.28. The Morgan fingerprint density at radius 1 is 1.11 bits per heavy atom. The van der Waals surface area contributed by atoms with Crippen LogP contribution in [0, 0.1) is 5.92 Å². The van der Waals surface area contributed by atoms with Crippen LogP contribution in [-0.4, -0.2) is 12.3 Å². The van der Waals surface area contributed by atoms with Crippen molar-refractivity contribution in [1.82, 2.24) is 0 Å². The van der Waals surface area contributed by atoms with Crippen molar-refractivity contribution in [2.75, 3.05) is 6.54 Å². The van der Waals surface area contributed by atoms with Gasteiger partial charge in [-0.3, -0.25) is 4.79 Å². The Kier molecular flexibility index (Phi) is 4.94. The molecule has 1 aromatic carbocycles. The van der Waals surface area contributed by atoms with Gasteiger partial charge in [0.25, 0.3) is 0 Å². The lowest BCUT2D eigenvalue weighted by atomic mass is 10.0. The summed E-state index contributed by atoms with van der Waals surface area (Å²) in [6.07, 6.45) is 6.26. The van der Waals surface area contributed by atoms with E-state index in [4.69, 9.17) is 5.73 Å². The van der Waals surface area contributed by atoms with Crippen molar-refractivity contribution in [2.24, 2.45) is 11.7 Å². The van der Waals surface area contributed by atoms with Crippen LogP contribution < -0.4 is 5.73 Å². The zero-order valence-corrected chi connectivity index (χ0v) is 11.0. The number of unbranched alkanes of at least 4 members (excludes halogenated alkanes) is 3. The normalized spacial score (nSPS) is 21.8. The van der Waals surface area contributed by atoms with E-state index in [9.17, 15) is 4.79 Å². The molecule has 1 saturated carbocycles. The Balaban J connectivity index is 1.67. The summed E-state index contributed by atoms with van der Waals surface area (Å²) in [5.41, 5.74) is 6.78. The van der Waals surface area contributed by atoms with Gasteiger partial charge in [-0.1, -0.05) is 43.2 Å². The molecule has 2 nitrogen and oxygen atoms in total. The summed E-state index contributed by atoms with van der Waals surface area (Å²) in [4.78, 5) is 12.0. The minimum atomic E-state index is 0.307. The van der Waals surface area contributed by atoms with Gasteiger partial charge in [-0.15, -0.1) is 0 Å². The van der Waals surface area contributed by atoms with Crippen LogP contribution in [0.1, 0.15) is 50.0 Å². The first kappa shape index (κ1) is 13.3. The van der Waals surface area contributed by atoms with Crippen LogP contribution in [0.3, 0.4) is 0 Å². The second-order valence-corrected chi connectivity index (χ2v) is 5.28. The average molecular weight is 245 g/mol. The molecule has 18 heavy (non-hydrogen) atoms. The smallest absolute Gasteiger partial charge is 0.136 e. The quantitative estimate of drug-likeness (QED) is 0.714. The molecule has 0 radical (unpaired) electrons. The first-order valence-corrected chi connectivity index (χ1v) is 7.10. The molecule has 2 heteroatoms. The van der Waals surface area contributed by atoms with E-state index in [1.165, 1.54) is 5.56 Å². The Bertz CT molecular complexity index is 374. The van der Waals surface area contributed by atoms with E-state index in [-0.39, 0.29) is 0 Å². The molecule has 0 heterocycles. The van der Waals surface area contributed by atoms with Gasteiger partial charge in [-0.2, -0.15) is 0 Å². The first-order chi connectivity index (χ1) is 8.83. The lowest BCUT2D eigenvalue weighted by Gasteiger charge is -2.01. The number of carbonyl (C=O) groups is 1. The molecule has 98 valence electrons. The molecule has 2 N–H and O–H groups in total. The van der Waals surface area contributed by atoms with Gasteiger partial charge in [-0.05, 0) is 37.3 Å². The first-order valence-electron chi connectivity index (χ1n) is 7.10. The molecule has 0 spiro atoms. The number of rotatable bonds is 8. The highest BCUT2D eigenvalue weighted by atomic mass is 16.1. The average Bonchev–Trinajstić information content (AvgIpc) is 3.20. The SMILES string of the molecule is NCCCCCCC(=O)C1CC1c1ccccc1. The predicted octanol–water partition coefficient (Wildman–Crippen LogP) is 3.27. The predicted molar refractivity (Wildman–Crippen MR) is 74.4 cm³/mol. The number of carbonyl (C=O) groups excluding carboxylic acids is 1. The Morgan fingerprint density at radius 2 is 1.83 bits per heavy atom. The fourth-order valence-corrected chi connectivity index (χ4v) is 2.60. The van der Waals surface area contributed by atoms with Crippen molar-refractivity contribution < 1.29 is 4.79 Å². The molecule has 1 aliphatic carbocycles. The van der Waals surface area contributed by atoms with Gasteiger partial charge < -0.3 is 5.73 Å². The minimum absolute atomic E-state index is 0.307. The summed E-state index contributed by atoms with van der Waals surface area (Å²) in [6.45, 7) is 0.770. The number of hydrogen-bond acceptors (Lipinski definition) is 2. The number of Topliss-reactive ketones (excluding diaryl/α,β-unsaturated/α-hetero) is 1. The molecule has 0 aliphatic heterocycles. The lowest BCUT2D eigenvalue weighted by molar-refractivity contribution is -0.120. The summed E-state index contributed by atoms with van der Waals surface area (Å²) in [6, 6.07) is 10.4. The maximum absolute atomic E-state index is 12.0. The highest BCUT2D eigenvalue weighted by molar-refractivity contribution is 5.84.